The molecule has 2 aliphatic rings. The number of hydrogen-bond acceptors (Lipinski definition) is 2. The first-order valence-electron chi connectivity index (χ1n) is 7.09. The van der Waals surface area contributed by atoms with Gasteiger partial charge in [-0.1, -0.05) is 30.3 Å². The van der Waals surface area contributed by atoms with Crippen molar-refractivity contribution in [1.29, 1.82) is 0 Å². The topological polar surface area (TPSA) is 26.3 Å². The molecule has 0 amide bonds. The Kier molecular flexibility index (Phi) is 3.28. The van der Waals surface area contributed by atoms with E-state index in [1.54, 1.807) is 0 Å². The van der Waals surface area contributed by atoms with E-state index in [-0.39, 0.29) is 11.5 Å². The number of ether oxygens (including phenoxy) is 1. The van der Waals surface area contributed by atoms with E-state index in [0.717, 1.165) is 19.3 Å². The zero-order valence-electron chi connectivity index (χ0n) is 11.2. The maximum absolute atomic E-state index is 11.6. The number of hydrogen-bond donors (Lipinski definition) is 0. The number of carbonyl (C=O) groups excluding carboxylic acids is 1. The molecule has 1 unspecified atom stereocenters. The summed E-state index contributed by atoms with van der Waals surface area (Å²) >= 11 is 0. The fourth-order valence-corrected chi connectivity index (χ4v) is 3.72. The van der Waals surface area contributed by atoms with Crippen LogP contribution in [0.2, 0.25) is 0 Å². The lowest BCUT2D eigenvalue weighted by molar-refractivity contribution is -0.122. The van der Waals surface area contributed by atoms with Crippen molar-refractivity contribution in [3.8, 4) is 0 Å². The number of carbonyl (C=O) groups is 1. The molecule has 2 aliphatic carbocycles. The van der Waals surface area contributed by atoms with Crippen LogP contribution in [0.15, 0.2) is 36.9 Å². The van der Waals surface area contributed by atoms with Gasteiger partial charge in [-0.3, -0.25) is 4.79 Å². The second-order valence-electron chi connectivity index (χ2n) is 5.67. The highest BCUT2D eigenvalue weighted by molar-refractivity contribution is 5.80. The van der Waals surface area contributed by atoms with Crippen molar-refractivity contribution in [2.75, 3.05) is 6.61 Å². The summed E-state index contributed by atoms with van der Waals surface area (Å²) in [5, 5.41) is 0. The molecule has 0 saturated heterocycles. The van der Waals surface area contributed by atoms with Gasteiger partial charge in [0, 0.05) is 18.3 Å². The van der Waals surface area contributed by atoms with Crippen molar-refractivity contribution in [1.82, 2.24) is 0 Å². The summed E-state index contributed by atoms with van der Waals surface area (Å²) in [4.78, 5) is 11.6. The van der Waals surface area contributed by atoms with E-state index in [1.807, 2.05) is 6.08 Å². The Hall–Kier alpha value is -1.41. The number of benzene rings is 1. The van der Waals surface area contributed by atoms with Crippen LogP contribution in [0.4, 0.5) is 0 Å². The first kappa shape index (κ1) is 12.6. The van der Waals surface area contributed by atoms with E-state index in [4.69, 9.17) is 4.74 Å². The summed E-state index contributed by atoms with van der Waals surface area (Å²) in [5.41, 5.74) is 2.87. The first-order valence-corrected chi connectivity index (χ1v) is 7.09. The highest BCUT2D eigenvalue weighted by atomic mass is 16.5. The van der Waals surface area contributed by atoms with Crippen molar-refractivity contribution in [2.24, 2.45) is 0 Å². The third-order valence-corrected chi connectivity index (χ3v) is 4.69. The molecule has 0 aliphatic heterocycles. The lowest BCUT2D eigenvalue weighted by atomic mass is 9.68. The van der Waals surface area contributed by atoms with Gasteiger partial charge < -0.3 is 4.74 Å². The zero-order valence-corrected chi connectivity index (χ0v) is 11.2. The van der Waals surface area contributed by atoms with E-state index in [9.17, 15) is 4.79 Å². The van der Waals surface area contributed by atoms with E-state index in [0.29, 0.717) is 25.2 Å². The molecular formula is C17H20O2. The van der Waals surface area contributed by atoms with Gasteiger partial charge in [0.05, 0.1) is 12.7 Å². The SMILES string of the molecule is C=CCOC1Cc2ccccc2C12CCC(=O)CC2. The molecule has 2 heteroatoms. The van der Waals surface area contributed by atoms with Crippen LogP contribution in [0.1, 0.15) is 36.8 Å². The summed E-state index contributed by atoms with van der Waals surface area (Å²) in [6.07, 6.45) is 6.25. The molecule has 1 atom stereocenters. The van der Waals surface area contributed by atoms with Crippen molar-refractivity contribution in [3.63, 3.8) is 0 Å². The van der Waals surface area contributed by atoms with E-state index in [1.165, 1.54) is 11.1 Å². The molecule has 1 aromatic carbocycles. The fourth-order valence-electron chi connectivity index (χ4n) is 3.72. The fraction of sp³-hybridized carbons (Fsp3) is 0.471. The second kappa shape index (κ2) is 4.93. The van der Waals surface area contributed by atoms with Crippen LogP contribution >= 0.6 is 0 Å². The lowest BCUT2D eigenvalue weighted by Crippen LogP contribution is -2.41. The van der Waals surface area contributed by atoms with Crippen molar-refractivity contribution in [2.45, 2.75) is 43.6 Å². The summed E-state index contributed by atoms with van der Waals surface area (Å²) in [6, 6.07) is 8.62. The molecule has 1 saturated carbocycles. The molecule has 19 heavy (non-hydrogen) atoms. The molecular weight excluding hydrogens is 236 g/mol. The summed E-state index contributed by atoms with van der Waals surface area (Å²) in [6.45, 7) is 4.33. The minimum absolute atomic E-state index is 0.0630. The van der Waals surface area contributed by atoms with Gasteiger partial charge >= 0.3 is 0 Å². The molecule has 0 aromatic heterocycles. The molecule has 0 N–H and O–H groups in total. The van der Waals surface area contributed by atoms with E-state index in [2.05, 4.69) is 30.8 Å². The van der Waals surface area contributed by atoms with Crippen LogP contribution < -0.4 is 0 Å². The van der Waals surface area contributed by atoms with Crippen molar-refractivity contribution >= 4 is 5.78 Å². The average Bonchev–Trinajstić information content (AvgIpc) is 2.74. The number of fused-ring (bicyclic) bond motifs is 2. The summed E-state index contributed by atoms with van der Waals surface area (Å²) in [7, 11) is 0. The van der Waals surface area contributed by atoms with Crippen LogP contribution in [0.3, 0.4) is 0 Å². The molecule has 1 fully saturated rings. The summed E-state index contributed by atoms with van der Waals surface area (Å²) < 4.78 is 6.03. The molecule has 1 spiro atoms. The van der Waals surface area contributed by atoms with E-state index < -0.39 is 0 Å². The molecule has 0 bridgehead atoms. The predicted octanol–water partition coefficient (Wildman–Crippen LogP) is 3.19. The van der Waals surface area contributed by atoms with Gasteiger partial charge in [-0.05, 0) is 30.4 Å². The molecule has 1 aromatic rings. The van der Waals surface area contributed by atoms with Crippen molar-refractivity contribution in [3.05, 3.63) is 48.0 Å². The normalized spacial score (nSPS) is 24.4. The predicted molar refractivity (Wildman–Crippen MR) is 75.2 cm³/mol. The van der Waals surface area contributed by atoms with Crippen molar-refractivity contribution < 1.29 is 9.53 Å². The summed E-state index contributed by atoms with van der Waals surface area (Å²) in [5.74, 6) is 0.400. The molecule has 2 nitrogen and oxygen atoms in total. The van der Waals surface area contributed by atoms with E-state index >= 15 is 0 Å². The van der Waals surface area contributed by atoms with Crippen LogP contribution in [-0.2, 0) is 21.4 Å². The Morgan fingerprint density at radius 1 is 1.32 bits per heavy atom. The number of ketones is 1. The highest BCUT2D eigenvalue weighted by Gasteiger charge is 2.48. The zero-order chi connectivity index (χ0) is 13.3. The van der Waals surface area contributed by atoms with Gasteiger partial charge in [-0.25, -0.2) is 0 Å². The quantitative estimate of drug-likeness (QED) is 0.776. The minimum atomic E-state index is 0.0630. The number of rotatable bonds is 3. The lowest BCUT2D eigenvalue weighted by Gasteiger charge is -2.39. The maximum atomic E-state index is 11.6. The third-order valence-electron chi connectivity index (χ3n) is 4.69. The molecule has 100 valence electrons. The minimum Gasteiger partial charge on any atom is -0.373 e. The van der Waals surface area contributed by atoms with Gasteiger partial charge in [0.15, 0.2) is 0 Å². The first-order chi connectivity index (χ1) is 9.26. The monoisotopic (exact) mass is 256 g/mol. The molecule has 0 heterocycles. The average molecular weight is 256 g/mol. The number of Topliss-reactive ketones (excluding diaryl/α,β-unsaturated/α-hetero) is 1. The van der Waals surface area contributed by atoms with Crippen LogP contribution in [0, 0.1) is 0 Å². The highest BCUT2D eigenvalue weighted by Crippen LogP contribution is 2.49. The van der Waals surface area contributed by atoms with Crippen LogP contribution in [-0.4, -0.2) is 18.5 Å². The maximum Gasteiger partial charge on any atom is 0.132 e. The smallest absolute Gasteiger partial charge is 0.132 e. The van der Waals surface area contributed by atoms with Gasteiger partial charge in [0.25, 0.3) is 0 Å². The Balaban J connectivity index is 1.95. The second-order valence-corrected chi connectivity index (χ2v) is 5.67. The van der Waals surface area contributed by atoms with Crippen LogP contribution in [0.25, 0.3) is 0 Å². The Morgan fingerprint density at radius 3 is 2.79 bits per heavy atom. The van der Waals surface area contributed by atoms with Gasteiger partial charge in [-0.2, -0.15) is 0 Å². The molecule has 0 radical (unpaired) electrons. The van der Waals surface area contributed by atoms with Gasteiger partial charge in [0.2, 0.25) is 0 Å². The molecule has 3 rings (SSSR count). The van der Waals surface area contributed by atoms with Crippen LogP contribution in [0.5, 0.6) is 0 Å². The standard InChI is InChI=1S/C17H20O2/c1-2-11-19-16-12-13-5-3-4-6-15(13)17(16)9-7-14(18)8-10-17/h2-6,16H,1,7-12H2. The Morgan fingerprint density at radius 2 is 2.05 bits per heavy atom. The van der Waals surface area contributed by atoms with Gasteiger partial charge in [-0.15, -0.1) is 6.58 Å². The Bertz CT molecular complexity index is 494. The van der Waals surface area contributed by atoms with Gasteiger partial charge in [0.1, 0.15) is 5.78 Å². The third kappa shape index (κ3) is 2.04. The Labute approximate surface area is 114 Å². The largest absolute Gasteiger partial charge is 0.373 e.